The summed E-state index contributed by atoms with van der Waals surface area (Å²) in [5, 5.41) is 3.88. The Kier molecular flexibility index (Phi) is 6.61. The molecule has 31 heavy (non-hydrogen) atoms. The maximum absolute atomic E-state index is 12.6. The van der Waals surface area contributed by atoms with Crippen molar-refractivity contribution >= 4 is 46.0 Å². The summed E-state index contributed by atoms with van der Waals surface area (Å²) in [6.45, 7) is 5.39. The molecule has 1 N–H and O–H groups in total. The Morgan fingerprint density at radius 3 is 2.81 bits per heavy atom. The van der Waals surface area contributed by atoms with Crippen molar-refractivity contribution < 1.29 is 9.59 Å². The number of nitrogens with one attached hydrogen (secondary N) is 1. The molecule has 2 amide bonds. The number of rotatable bonds is 8. The van der Waals surface area contributed by atoms with Gasteiger partial charge >= 0.3 is 0 Å². The third-order valence-corrected chi connectivity index (χ3v) is 6.55. The van der Waals surface area contributed by atoms with E-state index in [4.69, 9.17) is 4.98 Å². The fourth-order valence-electron chi connectivity index (χ4n) is 4.03. The van der Waals surface area contributed by atoms with E-state index in [1.165, 1.54) is 24.6 Å². The smallest absolute Gasteiger partial charge is 0.234 e. The van der Waals surface area contributed by atoms with E-state index in [1.807, 2.05) is 36.4 Å². The van der Waals surface area contributed by atoms with Crippen LogP contribution in [0.5, 0.6) is 0 Å². The number of amides is 2. The normalized spacial score (nSPS) is 12.9. The van der Waals surface area contributed by atoms with Gasteiger partial charge in [0.25, 0.3) is 0 Å². The van der Waals surface area contributed by atoms with E-state index >= 15 is 0 Å². The molecule has 162 valence electrons. The summed E-state index contributed by atoms with van der Waals surface area (Å²) >= 11 is 1.47. The standard InChI is InChI=1S/C24H28N4O2S/c1-3-4-7-13-28-22-9-6-5-8-20(22)26-24(28)31-16-23(30)25-19-10-11-21-18(15-19)12-14-27(21)17(2)29/h5-6,8-11,15H,3-4,7,12-14,16H2,1-2H3,(H,25,30). The highest BCUT2D eigenvalue weighted by atomic mass is 32.2. The number of hydrogen-bond acceptors (Lipinski definition) is 4. The Morgan fingerprint density at radius 2 is 2.00 bits per heavy atom. The van der Waals surface area contributed by atoms with Crippen LogP contribution in [0.3, 0.4) is 0 Å². The van der Waals surface area contributed by atoms with E-state index in [0.29, 0.717) is 12.3 Å². The lowest BCUT2D eigenvalue weighted by molar-refractivity contribution is -0.116. The Morgan fingerprint density at radius 1 is 1.16 bits per heavy atom. The molecule has 0 radical (unpaired) electrons. The molecule has 0 fully saturated rings. The summed E-state index contributed by atoms with van der Waals surface area (Å²) in [4.78, 5) is 30.9. The van der Waals surface area contributed by atoms with Crippen molar-refractivity contribution in [1.29, 1.82) is 0 Å². The van der Waals surface area contributed by atoms with Crippen LogP contribution in [0, 0.1) is 0 Å². The van der Waals surface area contributed by atoms with Crippen molar-refractivity contribution in [3.8, 4) is 0 Å². The van der Waals surface area contributed by atoms with Crippen LogP contribution in [0.2, 0.25) is 0 Å². The molecule has 0 saturated heterocycles. The highest BCUT2D eigenvalue weighted by molar-refractivity contribution is 7.99. The molecule has 0 bridgehead atoms. The molecule has 7 heteroatoms. The quantitative estimate of drug-likeness (QED) is 0.404. The molecule has 6 nitrogen and oxygen atoms in total. The van der Waals surface area contributed by atoms with E-state index in [-0.39, 0.29) is 11.8 Å². The molecule has 0 atom stereocenters. The third kappa shape index (κ3) is 4.77. The first-order chi connectivity index (χ1) is 15.1. The van der Waals surface area contributed by atoms with Crippen LogP contribution in [-0.4, -0.2) is 33.7 Å². The van der Waals surface area contributed by atoms with Crippen molar-refractivity contribution in [3.63, 3.8) is 0 Å². The van der Waals surface area contributed by atoms with Crippen LogP contribution >= 0.6 is 11.8 Å². The second kappa shape index (κ2) is 9.56. The monoisotopic (exact) mass is 436 g/mol. The Balaban J connectivity index is 1.42. The number of nitrogens with zero attached hydrogens (tertiary/aromatic N) is 3. The fourth-order valence-corrected chi connectivity index (χ4v) is 4.87. The van der Waals surface area contributed by atoms with Gasteiger partial charge < -0.3 is 14.8 Å². The number of aryl methyl sites for hydroxylation is 1. The lowest BCUT2D eigenvalue weighted by atomic mass is 10.1. The number of benzene rings is 2. The van der Waals surface area contributed by atoms with E-state index in [1.54, 1.807) is 11.8 Å². The summed E-state index contributed by atoms with van der Waals surface area (Å²) in [6.07, 6.45) is 4.26. The highest BCUT2D eigenvalue weighted by Gasteiger charge is 2.22. The number of unbranched alkanes of at least 4 members (excludes halogenated alkanes) is 2. The fraction of sp³-hybridized carbons (Fsp3) is 0.375. The largest absolute Gasteiger partial charge is 0.325 e. The van der Waals surface area contributed by atoms with Gasteiger partial charge in [-0.2, -0.15) is 0 Å². The van der Waals surface area contributed by atoms with Gasteiger partial charge in [-0.3, -0.25) is 9.59 Å². The Hall–Kier alpha value is -2.80. The average molecular weight is 437 g/mol. The van der Waals surface area contributed by atoms with Crippen LogP contribution in [0.4, 0.5) is 11.4 Å². The van der Waals surface area contributed by atoms with Crippen molar-refractivity contribution in [2.45, 2.75) is 51.2 Å². The maximum Gasteiger partial charge on any atom is 0.234 e. The van der Waals surface area contributed by atoms with E-state index in [2.05, 4.69) is 22.9 Å². The zero-order valence-electron chi connectivity index (χ0n) is 18.1. The van der Waals surface area contributed by atoms with Gasteiger partial charge in [0, 0.05) is 31.4 Å². The van der Waals surface area contributed by atoms with Crippen molar-refractivity contribution in [2.75, 3.05) is 22.5 Å². The van der Waals surface area contributed by atoms with Gasteiger partial charge in [-0.05, 0) is 48.7 Å². The number of carbonyl (C=O) groups excluding carboxylic acids is 2. The lowest BCUT2D eigenvalue weighted by Gasteiger charge is -2.15. The van der Waals surface area contributed by atoms with Crippen LogP contribution < -0.4 is 10.2 Å². The second-order valence-electron chi connectivity index (χ2n) is 7.84. The minimum Gasteiger partial charge on any atom is -0.325 e. The topological polar surface area (TPSA) is 67.2 Å². The van der Waals surface area contributed by atoms with Gasteiger partial charge in [-0.25, -0.2) is 4.98 Å². The van der Waals surface area contributed by atoms with E-state index in [0.717, 1.165) is 52.5 Å². The summed E-state index contributed by atoms with van der Waals surface area (Å²) in [6, 6.07) is 13.9. The average Bonchev–Trinajstić information content (AvgIpc) is 3.34. The first-order valence-corrected chi connectivity index (χ1v) is 11.8. The van der Waals surface area contributed by atoms with Crippen molar-refractivity contribution in [2.24, 2.45) is 0 Å². The second-order valence-corrected chi connectivity index (χ2v) is 8.79. The number of imidazole rings is 1. The van der Waals surface area contributed by atoms with Gasteiger partial charge in [-0.15, -0.1) is 0 Å². The maximum atomic E-state index is 12.6. The predicted octanol–water partition coefficient (Wildman–Crippen LogP) is 4.87. The van der Waals surface area contributed by atoms with E-state index in [9.17, 15) is 9.59 Å². The van der Waals surface area contributed by atoms with Gasteiger partial charge in [0.2, 0.25) is 11.8 Å². The molecule has 0 spiro atoms. The molecule has 2 aromatic carbocycles. The number of fused-ring (bicyclic) bond motifs is 2. The third-order valence-electron chi connectivity index (χ3n) is 5.58. The zero-order chi connectivity index (χ0) is 21.8. The number of carbonyl (C=O) groups is 2. The summed E-state index contributed by atoms with van der Waals surface area (Å²) < 4.78 is 2.23. The van der Waals surface area contributed by atoms with Crippen molar-refractivity contribution in [1.82, 2.24) is 9.55 Å². The summed E-state index contributed by atoms with van der Waals surface area (Å²) in [5.74, 6) is 0.292. The van der Waals surface area contributed by atoms with Crippen LogP contribution in [0.1, 0.15) is 38.7 Å². The minimum absolute atomic E-state index is 0.0498. The number of thioether (sulfide) groups is 1. The molecule has 3 aromatic rings. The number of para-hydroxylation sites is 2. The summed E-state index contributed by atoms with van der Waals surface area (Å²) in [5.41, 5.74) is 4.90. The Labute approximate surface area is 187 Å². The van der Waals surface area contributed by atoms with E-state index < -0.39 is 0 Å². The molecule has 1 aliphatic rings. The predicted molar refractivity (Wildman–Crippen MR) is 127 cm³/mol. The van der Waals surface area contributed by atoms with Crippen LogP contribution in [-0.2, 0) is 22.6 Å². The Bertz CT molecular complexity index is 1110. The van der Waals surface area contributed by atoms with Gasteiger partial charge in [0.05, 0.1) is 16.8 Å². The molecular weight excluding hydrogens is 408 g/mol. The summed E-state index contributed by atoms with van der Waals surface area (Å²) in [7, 11) is 0. The number of hydrogen-bond donors (Lipinski definition) is 1. The molecule has 1 aromatic heterocycles. The van der Waals surface area contributed by atoms with Crippen LogP contribution in [0.25, 0.3) is 11.0 Å². The number of anilines is 2. The van der Waals surface area contributed by atoms with Crippen molar-refractivity contribution in [3.05, 3.63) is 48.0 Å². The molecule has 4 rings (SSSR count). The zero-order valence-corrected chi connectivity index (χ0v) is 18.9. The molecule has 2 heterocycles. The first-order valence-electron chi connectivity index (χ1n) is 10.9. The molecular formula is C24H28N4O2S. The number of aromatic nitrogens is 2. The van der Waals surface area contributed by atoms with Gasteiger partial charge in [0.15, 0.2) is 5.16 Å². The van der Waals surface area contributed by atoms with Crippen LogP contribution in [0.15, 0.2) is 47.6 Å². The molecule has 1 aliphatic heterocycles. The molecule has 0 saturated carbocycles. The SMILES string of the molecule is CCCCCn1c(SCC(=O)Nc2ccc3c(c2)CCN3C(C)=O)nc2ccccc21. The minimum atomic E-state index is -0.0569. The molecule has 0 unspecified atom stereocenters. The van der Waals surface area contributed by atoms with Gasteiger partial charge in [0.1, 0.15) is 0 Å². The highest BCUT2D eigenvalue weighted by Crippen LogP contribution is 2.31. The molecule has 0 aliphatic carbocycles. The lowest BCUT2D eigenvalue weighted by Crippen LogP contribution is -2.25. The van der Waals surface area contributed by atoms with Gasteiger partial charge in [-0.1, -0.05) is 43.7 Å². The first kappa shape index (κ1) is 21.4.